The molecule has 2 aliphatic heterocycles. The summed E-state index contributed by atoms with van der Waals surface area (Å²) < 4.78 is 13.3. The van der Waals surface area contributed by atoms with Crippen LogP contribution in [-0.4, -0.2) is 65.1 Å². The monoisotopic (exact) mass is 307 g/mol. The van der Waals surface area contributed by atoms with Gasteiger partial charge in [0.05, 0.1) is 18.4 Å². The van der Waals surface area contributed by atoms with Crippen molar-refractivity contribution in [3.05, 3.63) is 29.8 Å². The maximum Gasteiger partial charge on any atom is 0.255 e. The Balaban J connectivity index is 1.79. The third-order valence-electron chi connectivity index (χ3n) is 5.25. The quantitative estimate of drug-likeness (QED) is 0.890. The number of aliphatic hydroxyl groups is 1. The van der Waals surface area contributed by atoms with Crippen LogP contribution in [0, 0.1) is 11.2 Å². The molecule has 0 unspecified atom stereocenters. The van der Waals surface area contributed by atoms with Gasteiger partial charge in [0.15, 0.2) is 0 Å². The van der Waals surface area contributed by atoms with E-state index in [1.807, 2.05) is 7.05 Å². The second-order valence-corrected chi connectivity index (χ2v) is 6.51. The van der Waals surface area contributed by atoms with Crippen molar-refractivity contribution in [3.63, 3.8) is 0 Å². The minimum Gasteiger partial charge on any atom is -0.396 e. The zero-order chi connectivity index (χ0) is 15.7. The number of aromatic nitrogens is 1. The van der Waals surface area contributed by atoms with Crippen molar-refractivity contribution in [2.75, 3.05) is 33.3 Å². The maximum atomic E-state index is 13.3. The van der Waals surface area contributed by atoms with Gasteiger partial charge in [-0.25, -0.2) is 4.39 Å². The van der Waals surface area contributed by atoms with E-state index in [2.05, 4.69) is 9.88 Å². The molecule has 6 heteroatoms. The zero-order valence-electron chi connectivity index (χ0n) is 12.8. The van der Waals surface area contributed by atoms with E-state index >= 15 is 0 Å². The minimum absolute atomic E-state index is 0.107. The average molecular weight is 307 g/mol. The van der Waals surface area contributed by atoms with Gasteiger partial charge in [-0.05, 0) is 38.9 Å². The predicted molar refractivity (Wildman–Crippen MR) is 79.9 cm³/mol. The molecule has 2 atom stereocenters. The summed E-state index contributed by atoms with van der Waals surface area (Å²) in [5.41, 5.74) is 0.180. The fourth-order valence-electron chi connectivity index (χ4n) is 3.91. The van der Waals surface area contributed by atoms with Gasteiger partial charge >= 0.3 is 0 Å². The van der Waals surface area contributed by atoms with E-state index < -0.39 is 5.82 Å². The van der Waals surface area contributed by atoms with Crippen molar-refractivity contribution in [1.82, 2.24) is 14.8 Å². The van der Waals surface area contributed by atoms with E-state index in [1.165, 1.54) is 12.3 Å². The van der Waals surface area contributed by atoms with Crippen LogP contribution in [-0.2, 0) is 0 Å². The Kier molecular flexibility index (Phi) is 4.14. The summed E-state index contributed by atoms with van der Waals surface area (Å²) in [6, 6.07) is 1.39. The van der Waals surface area contributed by atoms with Crippen LogP contribution >= 0.6 is 0 Å². The van der Waals surface area contributed by atoms with E-state index in [0.717, 1.165) is 32.0 Å². The number of aliphatic hydroxyl groups excluding tert-OH is 1. The van der Waals surface area contributed by atoms with Gasteiger partial charge in [0, 0.05) is 30.7 Å². The van der Waals surface area contributed by atoms with Crippen molar-refractivity contribution in [2.45, 2.75) is 25.3 Å². The molecule has 1 N–H and O–H groups in total. The molecule has 2 fully saturated rings. The number of rotatable bonds is 2. The minimum atomic E-state index is -0.498. The maximum absolute atomic E-state index is 13.3. The van der Waals surface area contributed by atoms with Gasteiger partial charge in [-0.2, -0.15) is 0 Å². The Morgan fingerprint density at radius 3 is 3.00 bits per heavy atom. The highest BCUT2D eigenvalue weighted by molar-refractivity contribution is 5.94. The Bertz CT molecular complexity index is 568. The lowest BCUT2D eigenvalue weighted by atomic mass is 9.69. The van der Waals surface area contributed by atoms with Crippen molar-refractivity contribution < 1.29 is 14.3 Å². The number of carbonyl (C=O) groups excluding carboxylic acids is 1. The van der Waals surface area contributed by atoms with E-state index in [-0.39, 0.29) is 29.5 Å². The topological polar surface area (TPSA) is 56.7 Å². The fraction of sp³-hybridized carbons (Fsp3) is 0.625. The Hall–Kier alpha value is -1.53. The molecule has 2 saturated heterocycles. The number of nitrogens with zero attached hydrogens (tertiary/aromatic N) is 3. The van der Waals surface area contributed by atoms with Gasteiger partial charge in [0.25, 0.3) is 5.91 Å². The molecule has 1 amide bonds. The van der Waals surface area contributed by atoms with E-state index in [0.29, 0.717) is 13.1 Å². The molecule has 1 aromatic rings. The Morgan fingerprint density at radius 2 is 2.27 bits per heavy atom. The molecular formula is C16H22FN3O2. The van der Waals surface area contributed by atoms with Gasteiger partial charge in [0.2, 0.25) is 0 Å². The number of hydrogen-bond donors (Lipinski definition) is 1. The highest BCUT2D eigenvalue weighted by atomic mass is 19.1. The van der Waals surface area contributed by atoms with Crippen LogP contribution in [0.25, 0.3) is 0 Å². The fourth-order valence-corrected chi connectivity index (χ4v) is 3.91. The first-order valence-electron chi connectivity index (χ1n) is 7.77. The number of likely N-dealkylation sites (N-methyl/N-ethyl adjacent to an activating group) is 1. The summed E-state index contributed by atoms with van der Waals surface area (Å²) in [7, 11) is 2.05. The van der Waals surface area contributed by atoms with Gasteiger partial charge in [-0.1, -0.05) is 0 Å². The first kappa shape index (κ1) is 15.4. The molecule has 5 nitrogen and oxygen atoms in total. The van der Waals surface area contributed by atoms with Gasteiger partial charge in [0.1, 0.15) is 5.82 Å². The first-order valence-corrected chi connectivity index (χ1v) is 7.77. The van der Waals surface area contributed by atoms with E-state index in [9.17, 15) is 14.3 Å². The number of amides is 1. The molecule has 2 aliphatic rings. The molecule has 0 saturated carbocycles. The Labute approximate surface area is 129 Å². The second kappa shape index (κ2) is 5.93. The zero-order valence-corrected chi connectivity index (χ0v) is 12.8. The summed E-state index contributed by atoms with van der Waals surface area (Å²) in [4.78, 5) is 20.3. The molecule has 1 aromatic heterocycles. The van der Waals surface area contributed by atoms with Gasteiger partial charge in [-0.15, -0.1) is 0 Å². The molecule has 120 valence electrons. The van der Waals surface area contributed by atoms with Crippen LogP contribution in [0.1, 0.15) is 29.6 Å². The lowest BCUT2D eigenvalue weighted by Crippen LogP contribution is -2.62. The smallest absolute Gasteiger partial charge is 0.255 e. The summed E-state index contributed by atoms with van der Waals surface area (Å²) >= 11 is 0. The SMILES string of the molecule is CN1CCC[C@]2(CO)CCN(C(=O)c3cncc(F)c3)C[C@@H]12. The molecule has 0 radical (unpaired) electrons. The second-order valence-electron chi connectivity index (χ2n) is 6.51. The lowest BCUT2D eigenvalue weighted by molar-refractivity contribution is -0.0601. The number of pyridine rings is 1. The van der Waals surface area contributed by atoms with Crippen LogP contribution in [0.15, 0.2) is 18.5 Å². The van der Waals surface area contributed by atoms with Crippen molar-refractivity contribution in [1.29, 1.82) is 0 Å². The summed E-state index contributed by atoms with van der Waals surface area (Å²) in [5.74, 6) is -0.681. The third-order valence-corrected chi connectivity index (χ3v) is 5.25. The lowest BCUT2D eigenvalue weighted by Gasteiger charge is -2.53. The molecule has 0 spiro atoms. The van der Waals surface area contributed by atoms with Crippen LogP contribution in [0.5, 0.6) is 0 Å². The summed E-state index contributed by atoms with van der Waals surface area (Å²) in [5, 5.41) is 9.88. The van der Waals surface area contributed by atoms with Crippen molar-refractivity contribution >= 4 is 5.91 Å². The number of likely N-dealkylation sites (tertiary alicyclic amines) is 2. The third kappa shape index (κ3) is 2.61. The molecular weight excluding hydrogens is 285 g/mol. The Morgan fingerprint density at radius 1 is 1.45 bits per heavy atom. The molecule has 3 heterocycles. The van der Waals surface area contributed by atoms with Crippen LogP contribution in [0.4, 0.5) is 4.39 Å². The van der Waals surface area contributed by atoms with Crippen molar-refractivity contribution in [3.8, 4) is 0 Å². The largest absolute Gasteiger partial charge is 0.396 e. The number of hydrogen-bond acceptors (Lipinski definition) is 4. The normalized spacial score (nSPS) is 29.2. The predicted octanol–water partition coefficient (Wildman–Crippen LogP) is 1.14. The molecule has 0 aliphatic carbocycles. The van der Waals surface area contributed by atoms with E-state index in [1.54, 1.807) is 4.90 Å². The number of fused-ring (bicyclic) bond motifs is 1. The molecule has 3 rings (SSSR count). The summed E-state index contributed by atoms with van der Waals surface area (Å²) in [6.45, 7) is 2.31. The highest BCUT2D eigenvalue weighted by Gasteiger charge is 2.47. The van der Waals surface area contributed by atoms with E-state index in [4.69, 9.17) is 0 Å². The highest BCUT2D eigenvalue weighted by Crippen LogP contribution is 2.41. The average Bonchev–Trinajstić information content (AvgIpc) is 2.54. The standard InChI is InChI=1S/C16H22FN3O2/c1-19-5-2-3-16(11-21)4-6-20(10-14(16)19)15(22)12-7-13(17)9-18-8-12/h7-9,14,21H,2-6,10-11H2,1H3/t14-,16-/m1/s1. The number of piperidine rings is 2. The molecule has 0 bridgehead atoms. The first-order chi connectivity index (χ1) is 10.6. The van der Waals surface area contributed by atoms with Gasteiger partial charge < -0.3 is 14.9 Å². The van der Waals surface area contributed by atoms with Gasteiger partial charge in [-0.3, -0.25) is 9.78 Å². The van der Waals surface area contributed by atoms with Crippen LogP contribution in [0.3, 0.4) is 0 Å². The van der Waals surface area contributed by atoms with Crippen molar-refractivity contribution in [2.24, 2.45) is 5.41 Å². The summed E-state index contributed by atoms with van der Waals surface area (Å²) in [6.07, 6.45) is 5.37. The molecule has 22 heavy (non-hydrogen) atoms. The molecule has 0 aromatic carbocycles. The van der Waals surface area contributed by atoms with Crippen LogP contribution in [0.2, 0.25) is 0 Å². The number of carbonyl (C=O) groups is 1. The van der Waals surface area contributed by atoms with Crippen LogP contribution < -0.4 is 0 Å². The number of halogens is 1.